The smallest absolute Gasteiger partial charge is 0.289 e. The molecule has 3 heterocycles. The first-order valence-electron chi connectivity index (χ1n) is 9.76. The number of aromatic nitrogens is 1. The Labute approximate surface area is 173 Å². The number of rotatable bonds is 4. The average Bonchev–Trinajstić information content (AvgIpc) is 3.41. The molecule has 0 spiro atoms. The first kappa shape index (κ1) is 18.1. The van der Waals surface area contributed by atoms with Crippen molar-refractivity contribution in [1.29, 1.82) is 0 Å². The predicted octanol–water partition coefficient (Wildman–Crippen LogP) is 4.51. The van der Waals surface area contributed by atoms with Gasteiger partial charge in [0.2, 0.25) is 0 Å². The largest absolute Gasteiger partial charge is 0.451 e. The second-order valence-corrected chi connectivity index (χ2v) is 8.08. The summed E-state index contributed by atoms with van der Waals surface area (Å²) in [7, 11) is 0. The number of benzene rings is 2. The fourth-order valence-corrected chi connectivity index (χ4v) is 4.49. The van der Waals surface area contributed by atoms with Gasteiger partial charge in [-0.3, -0.25) is 9.69 Å². The number of fused-ring (bicyclic) bond motifs is 1. The molecule has 0 atom stereocenters. The Morgan fingerprint density at radius 3 is 2.55 bits per heavy atom. The second kappa shape index (κ2) is 7.81. The van der Waals surface area contributed by atoms with Crippen molar-refractivity contribution in [3.05, 3.63) is 77.5 Å². The predicted molar refractivity (Wildman–Crippen MR) is 115 cm³/mol. The van der Waals surface area contributed by atoms with Crippen molar-refractivity contribution in [1.82, 2.24) is 14.8 Å². The van der Waals surface area contributed by atoms with Crippen molar-refractivity contribution in [2.45, 2.75) is 6.54 Å². The van der Waals surface area contributed by atoms with Crippen LogP contribution in [0.2, 0.25) is 0 Å². The molecule has 0 unspecified atom stereocenters. The molecule has 0 radical (unpaired) electrons. The molecule has 0 N–H and O–H groups in total. The van der Waals surface area contributed by atoms with Crippen molar-refractivity contribution in [3.8, 4) is 10.6 Å². The molecule has 29 heavy (non-hydrogen) atoms. The van der Waals surface area contributed by atoms with Gasteiger partial charge < -0.3 is 9.32 Å². The first-order chi connectivity index (χ1) is 14.3. The minimum absolute atomic E-state index is 0.0270. The molecular formula is C23H21N3O2S. The van der Waals surface area contributed by atoms with Crippen LogP contribution in [0.15, 0.2) is 70.5 Å². The number of hydrogen-bond donors (Lipinski definition) is 0. The zero-order chi connectivity index (χ0) is 19.6. The number of furan rings is 1. The standard InChI is InChI=1S/C23H21N3O2S/c27-23(21-14-18-8-4-5-9-20(18)28-21)26-12-10-25(11-13-26)15-19-16-29-22(24-19)17-6-2-1-3-7-17/h1-9,14,16H,10-13,15H2. The van der Waals surface area contributed by atoms with Gasteiger partial charge in [0.15, 0.2) is 5.76 Å². The minimum atomic E-state index is -0.0270. The Morgan fingerprint density at radius 1 is 1.00 bits per heavy atom. The van der Waals surface area contributed by atoms with Crippen LogP contribution < -0.4 is 0 Å². The van der Waals surface area contributed by atoms with Gasteiger partial charge in [-0.1, -0.05) is 48.5 Å². The van der Waals surface area contributed by atoms with Crippen molar-refractivity contribution in [3.63, 3.8) is 0 Å². The molecule has 1 aliphatic heterocycles. The molecule has 1 aliphatic rings. The summed E-state index contributed by atoms with van der Waals surface area (Å²) in [5, 5.41) is 4.15. The number of hydrogen-bond acceptors (Lipinski definition) is 5. The molecule has 1 fully saturated rings. The van der Waals surface area contributed by atoms with E-state index in [0.29, 0.717) is 18.8 Å². The van der Waals surface area contributed by atoms with Crippen LogP contribution in [0.4, 0.5) is 0 Å². The Hall–Kier alpha value is -2.96. The van der Waals surface area contributed by atoms with Gasteiger partial charge in [-0.15, -0.1) is 11.3 Å². The van der Waals surface area contributed by atoms with Crippen LogP contribution in [0.1, 0.15) is 16.2 Å². The van der Waals surface area contributed by atoms with E-state index in [2.05, 4.69) is 22.4 Å². The molecule has 1 saturated heterocycles. The van der Waals surface area contributed by atoms with E-state index in [4.69, 9.17) is 9.40 Å². The zero-order valence-corrected chi connectivity index (χ0v) is 16.8. The number of piperazine rings is 1. The van der Waals surface area contributed by atoms with Crippen LogP contribution in [0, 0.1) is 0 Å². The molecule has 5 rings (SSSR count). The first-order valence-corrected chi connectivity index (χ1v) is 10.6. The summed E-state index contributed by atoms with van der Waals surface area (Å²) in [6.07, 6.45) is 0. The Bertz CT molecular complexity index is 1090. The lowest BCUT2D eigenvalue weighted by Gasteiger charge is -2.33. The summed E-state index contributed by atoms with van der Waals surface area (Å²) in [5.74, 6) is 0.396. The van der Waals surface area contributed by atoms with Crippen molar-refractivity contribution < 1.29 is 9.21 Å². The van der Waals surface area contributed by atoms with Gasteiger partial charge in [-0.25, -0.2) is 4.98 Å². The number of carbonyl (C=O) groups is 1. The highest BCUT2D eigenvalue weighted by Gasteiger charge is 2.25. The number of carbonyl (C=O) groups excluding carboxylic acids is 1. The van der Waals surface area contributed by atoms with Gasteiger partial charge in [0.1, 0.15) is 10.6 Å². The van der Waals surface area contributed by atoms with Crippen LogP contribution in [0.25, 0.3) is 21.5 Å². The Morgan fingerprint density at radius 2 is 1.76 bits per heavy atom. The van der Waals surface area contributed by atoms with Crippen molar-refractivity contribution in [2.75, 3.05) is 26.2 Å². The summed E-state index contributed by atoms with van der Waals surface area (Å²) >= 11 is 1.68. The summed E-state index contributed by atoms with van der Waals surface area (Å²) in [6.45, 7) is 3.89. The molecule has 0 bridgehead atoms. The molecule has 2 aromatic heterocycles. The topological polar surface area (TPSA) is 49.6 Å². The maximum Gasteiger partial charge on any atom is 0.289 e. The third kappa shape index (κ3) is 3.81. The molecule has 0 saturated carbocycles. The number of nitrogens with zero attached hydrogens (tertiary/aromatic N) is 3. The van der Waals surface area contributed by atoms with Crippen LogP contribution in [0.5, 0.6) is 0 Å². The normalized spacial score (nSPS) is 15.1. The lowest BCUT2D eigenvalue weighted by Crippen LogP contribution is -2.48. The SMILES string of the molecule is O=C(c1cc2ccccc2o1)N1CCN(Cc2csc(-c3ccccc3)n2)CC1. The van der Waals surface area contributed by atoms with E-state index in [0.717, 1.165) is 46.9 Å². The third-order valence-corrected chi connectivity index (χ3v) is 6.19. The molecule has 2 aromatic carbocycles. The highest BCUT2D eigenvalue weighted by Crippen LogP contribution is 2.24. The van der Waals surface area contributed by atoms with Gasteiger partial charge in [-0.05, 0) is 12.1 Å². The number of amides is 1. The molecule has 0 aliphatic carbocycles. The zero-order valence-electron chi connectivity index (χ0n) is 16.0. The maximum atomic E-state index is 12.8. The fourth-order valence-electron chi connectivity index (χ4n) is 3.67. The van der Waals surface area contributed by atoms with Crippen LogP contribution in [0.3, 0.4) is 0 Å². The monoisotopic (exact) mass is 403 g/mol. The highest BCUT2D eigenvalue weighted by molar-refractivity contribution is 7.13. The second-order valence-electron chi connectivity index (χ2n) is 7.23. The maximum absolute atomic E-state index is 12.8. The van der Waals surface area contributed by atoms with E-state index in [1.165, 1.54) is 0 Å². The summed E-state index contributed by atoms with van der Waals surface area (Å²) in [5.41, 5.74) is 3.00. The fraction of sp³-hybridized carbons (Fsp3) is 0.217. The van der Waals surface area contributed by atoms with Gasteiger partial charge >= 0.3 is 0 Å². The molecule has 4 aromatic rings. The quantitative estimate of drug-likeness (QED) is 0.503. The summed E-state index contributed by atoms with van der Waals surface area (Å²) in [6, 6.07) is 19.8. The van der Waals surface area contributed by atoms with Crippen LogP contribution in [-0.2, 0) is 6.54 Å². The van der Waals surface area contributed by atoms with Crippen LogP contribution >= 0.6 is 11.3 Å². The van der Waals surface area contributed by atoms with E-state index in [-0.39, 0.29) is 5.91 Å². The molecule has 1 amide bonds. The molecule has 5 nitrogen and oxygen atoms in total. The van der Waals surface area contributed by atoms with E-state index < -0.39 is 0 Å². The third-order valence-electron chi connectivity index (χ3n) is 5.25. The van der Waals surface area contributed by atoms with Crippen molar-refractivity contribution >= 4 is 28.2 Å². The van der Waals surface area contributed by atoms with E-state index >= 15 is 0 Å². The minimum Gasteiger partial charge on any atom is -0.451 e. The molecule has 146 valence electrons. The Kier molecular flexibility index (Phi) is 4.87. The summed E-state index contributed by atoms with van der Waals surface area (Å²) < 4.78 is 5.74. The van der Waals surface area contributed by atoms with Crippen LogP contribution in [-0.4, -0.2) is 46.9 Å². The number of thiazole rings is 1. The van der Waals surface area contributed by atoms with Crippen molar-refractivity contribution in [2.24, 2.45) is 0 Å². The molecular weight excluding hydrogens is 382 g/mol. The van der Waals surface area contributed by atoms with Gasteiger partial charge in [0.25, 0.3) is 5.91 Å². The van der Waals surface area contributed by atoms with Gasteiger partial charge in [0.05, 0.1) is 5.69 Å². The van der Waals surface area contributed by atoms with Gasteiger partial charge in [0, 0.05) is 49.1 Å². The van der Waals surface area contributed by atoms with E-state index in [1.807, 2.05) is 53.4 Å². The molecule has 6 heteroatoms. The summed E-state index contributed by atoms with van der Waals surface area (Å²) in [4.78, 5) is 21.8. The Balaban J connectivity index is 1.19. The average molecular weight is 404 g/mol. The number of para-hydroxylation sites is 1. The lowest BCUT2D eigenvalue weighted by molar-refractivity contribution is 0.0599. The van der Waals surface area contributed by atoms with E-state index in [9.17, 15) is 4.79 Å². The lowest BCUT2D eigenvalue weighted by atomic mass is 10.2. The van der Waals surface area contributed by atoms with E-state index in [1.54, 1.807) is 11.3 Å². The van der Waals surface area contributed by atoms with Gasteiger partial charge in [-0.2, -0.15) is 0 Å². The highest BCUT2D eigenvalue weighted by atomic mass is 32.1.